The van der Waals surface area contributed by atoms with Gasteiger partial charge in [0.2, 0.25) is 0 Å². The van der Waals surface area contributed by atoms with Crippen LogP contribution in [0, 0.1) is 5.82 Å². The van der Waals surface area contributed by atoms with Crippen molar-refractivity contribution >= 4 is 23.3 Å². The molecule has 2 aromatic heterocycles. The Morgan fingerprint density at radius 3 is 2.87 bits per heavy atom. The number of esters is 1. The third-order valence-electron chi connectivity index (χ3n) is 5.67. The topological polar surface area (TPSA) is 106 Å². The summed E-state index contributed by atoms with van der Waals surface area (Å²) in [5.74, 6) is 0.207. The minimum Gasteiger partial charge on any atom is -0.511 e. The first-order chi connectivity index (χ1) is 15.0. The molecule has 3 N–H and O–H groups in total. The van der Waals surface area contributed by atoms with Gasteiger partial charge in [0.1, 0.15) is 23.0 Å². The van der Waals surface area contributed by atoms with Gasteiger partial charge >= 0.3 is 5.97 Å². The van der Waals surface area contributed by atoms with Crippen LogP contribution in [0.3, 0.4) is 0 Å². The number of nitrogen functional groups attached to an aromatic ring is 1. The molecule has 8 nitrogen and oxygen atoms in total. The monoisotopic (exact) mass is 423 g/mol. The molecule has 1 aliphatic heterocycles. The molecule has 2 aliphatic rings. The Hall–Kier alpha value is -3.62. The molecule has 5 rings (SSSR count). The van der Waals surface area contributed by atoms with E-state index in [4.69, 9.17) is 10.5 Å². The largest absolute Gasteiger partial charge is 0.511 e. The average molecular weight is 423 g/mol. The standard InChI is InChI=1S/C22H22FN5O3/c1-2-31-22(30)19-20(24)26-28-8-7-18(25-21(19)28)27-11-14(29)10-17(27)16-9-13(23)5-6-15(16)12-3-4-12/h5-10,12,17,29H,2-4,11H2,1H3,(H2,24,26). The number of carbonyl (C=O) groups is 1. The van der Waals surface area contributed by atoms with Crippen LogP contribution in [0.25, 0.3) is 5.65 Å². The van der Waals surface area contributed by atoms with Crippen molar-refractivity contribution in [3.8, 4) is 0 Å². The fourth-order valence-electron chi connectivity index (χ4n) is 4.14. The number of ether oxygens (including phenoxy) is 1. The highest BCUT2D eigenvalue weighted by Crippen LogP contribution is 2.45. The van der Waals surface area contributed by atoms with Crippen molar-refractivity contribution < 1.29 is 19.0 Å². The molecule has 0 bridgehead atoms. The molecule has 1 aliphatic carbocycles. The first-order valence-electron chi connectivity index (χ1n) is 10.2. The number of halogens is 1. The summed E-state index contributed by atoms with van der Waals surface area (Å²) in [6, 6.07) is 6.18. The number of fused-ring (bicyclic) bond motifs is 1. The fourth-order valence-corrected chi connectivity index (χ4v) is 4.14. The first-order valence-corrected chi connectivity index (χ1v) is 10.2. The molecule has 1 atom stereocenters. The number of aromatic nitrogens is 3. The van der Waals surface area contributed by atoms with Gasteiger partial charge in [0.25, 0.3) is 0 Å². The minimum absolute atomic E-state index is 0.0307. The van der Waals surface area contributed by atoms with Gasteiger partial charge in [-0.25, -0.2) is 18.7 Å². The number of nitrogens with two attached hydrogens (primary N) is 1. The van der Waals surface area contributed by atoms with E-state index in [1.54, 1.807) is 25.3 Å². The summed E-state index contributed by atoms with van der Waals surface area (Å²) in [4.78, 5) is 18.9. The van der Waals surface area contributed by atoms with Gasteiger partial charge in [-0.05, 0) is 61.1 Å². The number of aliphatic hydroxyl groups is 1. The average Bonchev–Trinajstić information content (AvgIpc) is 3.42. The Balaban J connectivity index is 1.59. The van der Waals surface area contributed by atoms with E-state index >= 15 is 0 Å². The number of hydrogen-bond acceptors (Lipinski definition) is 7. The molecule has 160 valence electrons. The number of benzene rings is 1. The van der Waals surface area contributed by atoms with E-state index in [1.807, 2.05) is 11.0 Å². The zero-order valence-corrected chi connectivity index (χ0v) is 17.0. The van der Waals surface area contributed by atoms with E-state index in [0.717, 1.165) is 24.0 Å². The number of hydrogen-bond donors (Lipinski definition) is 2. The zero-order chi connectivity index (χ0) is 21.7. The van der Waals surface area contributed by atoms with Crippen LogP contribution >= 0.6 is 0 Å². The molecule has 1 unspecified atom stereocenters. The van der Waals surface area contributed by atoms with Gasteiger partial charge in [0.15, 0.2) is 11.5 Å². The van der Waals surface area contributed by atoms with Crippen molar-refractivity contribution in [1.82, 2.24) is 14.6 Å². The Morgan fingerprint density at radius 1 is 1.32 bits per heavy atom. The highest BCUT2D eigenvalue weighted by Gasteiger charge is 2.34. The van der Waals surface area contributed by atoms with E-state index in [-0.39, 0.29) is 47.8 Å². The maximum absolute atomic E-state index is 14.1. The molecule has 0 radical (unpaired) electrons. The van der Waals surface area contributed by atoms with Crippen molar-refractivity contribution in [3.05, 3.63) is 64.8 Å². The minimum atomic E-state index is -0.597. The van der Waals surface area contributed by atoms with E-state index in [1.165, 1.54) is 16.6 Å². The molecule has 3 aromatic rings. The van der Waals surface area contributed by atoms with Crippen LogP contribution in [0.5, 0.6) is 0 Å². The second kappa shape index (κ2) is 7.26. The van der Waals surface area contributed by atoms with E-state index in [9.17, 15) is 14.3 Å². The van der Waals surface area contributed by atoms with Crippen molar-refractivity contribution in [3.63, 3.8) is 0 Å². The van der Waals surface area contributed by atoms with Crippen molar-refractivity contribution in [1.29, 1.82) is 0 Å². The molecule has 1 saturated carbocycles. The van der Waals surface area contributed by atoms with Gasteiger partial charge in [0, 0.05) is 6.20 Å². The van der Waals surface area contributed by atoms with E-state index < -0.39 is 5.97 Å². The van der Waals surface area contributed by atoms with Gasteiger partial charge in [0.05, 0.1) is 19.2 Å². The Morgan fingerprint density at radius 2 is 2.13 bits per heavy atom. The summed E-state index contributed by atoms with van der Waals surface area (Å²) in [6.45, 7) is 2.12. The maximum atomic E-state index is 14.1. The second-order valence-corrected chi connectivity index (χ2v) is 7.81. The summed E-state index contributed by atoms with van der Waals surface area (Å²) < 4.78 is 20.7. The molecule has 1 fully saturated rings. The van der Waals surface area contributed by atoms with Gasteiger partial charge in [-0.15, -0.1) is 5.10 Å². The lowest BCUT2D eigenvalue weighted by molar-refractivity contribution is 0.0529. The second-order valence-electron chi connectivity index (χ2n) is 7.81. The zero-order valence-electron chi connectivity index (χ0n) is 17.0. The molecule has 0 spiro atoms. The van der Waals surface area contributed by atoms with Crippen molar-refractivity contribution in [2.24, 2.45) is 0 Å². The van der Waals surface area contributed by atoms with E-state index in [2.05, 4.69) is 10.1 Å². The smallest absolute Gasteiger partial charge is 0.345 e. The lowest BCUT2D eigenvalue weighted by Gasteiger charge is -2.27. The quantitative estimate of drug-likeness (QED) is 0.605. The molecule has 0 amide bonds. The normalized spacial score (nSPS) is 18.5. The third kappa shape index (κ3) is 3.35. The highest BCUT2D eigenvalue weighted by molar-refractivity contribution is 6.00. The summed E-state index contributed by atoms with van der Waals surface area (Å²) in [5, 5.41) is 14.5. The predicted octanol–water partition coefficient (Wildman–Crippen LogP) is 3.51. The van der Waals surface area contributed by atoms with Gasteiger partial charge in [-0.3, -0.25) is 0 Å². The SMILES string of the molecule is CCOC(=O)c1c(N)nn2ccc(N3CC(O)=CC3c3cc(F)ccc3C3CC3)nc12. The molecule has 1 aromatic carbocycles. The fraction of sp³-hybridized carbons (Fsp3) is 0.318. The maximum Gasteiger partial charge on any atom is 0.345 e. The summed E-state index contributed by atoms with van der Waals surface area (Å²) in [5.41, 5.74) is 8.19. The van der Waals surface area contributed by atoms with Gasteiger partial charge in [-0.2, -0.15) is 0 Å². The number of carbonyl (C=O) groups excluding carboxylic acids is 1. The van der Waals surface area contributed by atoms with Crippen LogP contribution in [0.15, 0.2) is 42.3 Å². The van der Waals surface area contributed by atoms with Crippen LogP contribution in [0.1, 0.15) is 53.2 Å². The number of nitrogens with zero attached hydrogens (tertiary/aromatic N) is 4. The van der Waals surface area contributed by atoms with Crippen LogP contribution in [-0.2, 0) is 4.74 Å². The number of anilines is 2. The number of aliphatic hydroxyl groups excluding tert-OH is 1. The van der Waals surface area contributed by atoms with Crippen LogP contribution in [0.2, 0.25) is 0 Å². The predicted molar refractivity (Wildman–Crippen MR) is 113 cm³/mol. The molecule has 3 heterocycles. The van der Waals surface area contributed by atoms with Crippen LogP contribution < -0.4 is 10.6 Å². The van der Waals surface area contributed by atoms with Crippen LogP contribution in [-0.4, -0.2) is 38.8 Å². The lowest BCUT2D eigenvalue weighted by Crippen LogP contribution is -2.26. The Bertz CT molecular complexity index is 1220. The summed E-state index contributed by atoms with van der Waals surface area (Å²) in [7, 11) is 0. The molecule has 9 heteroatoms. The highest BCUT2D eigenvalue weighted by atomic mass is 19.1. The first kappa shape index (κ1) is 19.3. The summed E-state index contributed by atoms with van der Waals surface area (Å²) >= 11 is 0. The lowest BCUT2D eigenvalue weighted by atomic mass is 9.96. The van der Waals surface area contributed by atoms with Crippen LogP contribution in [0.4, 0.5) is 16.0 Å². The van der Waals surface area contributed by atoms with Gasteiger partial charge < -0.3 is 20.5 Å². The van der Waals surface area contributed by atoms with E-state index in [0.29, 0.717) is 11.7 Å². The Labute approximate surface area is 177 Å². The van der Waals surface area contributed by atoms with Crippen molar-refractivity contribution in [2.75, 3.05) is 23.8 Å². The van der Waals surface area contributed by atoms with Crippen molar-refractivity contribution in [2.45, 2.75) is 31.7 Å². The Kier molecular flexibility index (Phi) is 4.53. The molecule has 31 heavy (non-hydrogen) atoms. The molecular weight excluding hydrogens is 401 g/mol. The number of rotatable bonds is 5. The summed E-state index contributed by atoms with van der Waals surface area (Å²) in [6.07, 6.45) is 5.51. The molecular formula is C22H22FN5O3. The molecule has 0 saturated heterocycles. The third-order valence-corrected chi connectivity index (χ3v) is 5.67. The van der Waals surface area contributed by atoms with Gasteiger partial charge in [-0.1, -0.05) is 6.07 Å².